The van der Waals surface area contributed by atoms with Crippen LogP contribution in [0.1, 0.15) is 47.6 Å². The molecular formula is C15H18N4O4S. The molecule has 128 valence electrons. The van der Waals surface area contributed by atoms with Gasteiger partial charge in [0.25, 0.3) is 0 Å². The van der Waals surface area contributed by atoms with Crippen LogP contribution < -0.4 is 4.31 Å². The molecule has 9 heteroatoms. The molecule has 0 aliphatic carbocycles. The first kappa shape index (κ1) is 16.4. The molecule has 1 atom stereocenters. The predicted molar refractivity (Wildman–Crippen MR) is 87.8 cm³/mol. The third-order valence-electron chi connectivity index (χ3n) is 4.03. The molecule has 1 aliphatic rings. The van der Waals surface area contributed by atoms with Gasteiger partial charge in [-0.05, 0) is 37.6 Å². The monoisotopic (exact) mass is 350 g/mol. The highest BCUT2D eigenvalue weighted by molar-refractivity contribution is 7.92. The van der Waals surface area contributed by atoms with Crippen molar-refractivity contribution >= 4 is 21.7 Å². The number of nitrogens with zero attached hydrogens (tertiary/aromatic N) is 4. The Bertz CT molecular complexity index is 904. The van der Waals surface area contributed by atoms with Crippen molar-refractivity contribution in [2.75, 3.05) is 17.1 Å². The van der Waals surface area contributed by atoms with E-state index in [1.54, 1.807) is 11.0 Å². The number of aromatic nitrogens is 3. The van der Waals surface area contributed by atoms with Gasteiger partial charge >= 0.3 is 5.97 Å². The number of anilines is 1. The Labute approximate surface area is 139 Å². The molecule has 3 rings (SSSR count). The van der Waals surface area contributed by atoms with Crippen LogP contribution in [0.4, 0.5) is 5.69 Å². The van der Waals surface area contributed by atoms with E-state index in [-0.39, 0.29) is 18.2 Å². The fourth-order valence-corrected chi connectivity index (χ4v) is 3.73. The maximum absolute atomic E-state index is 12.1. The van der Waals surface area contributed by atoms with E-state index in [1.807, 2.05) is 13.8 Å². The molecule has 1 aromatic carbocycles. The van der Waals surface area contributed by atoms with E-state index < -0.39 is 21.9 Å². The first-order valence-electron chi connectivity index (χ1n) is 7.44. The number of fused-ring (bicyclic) bond motifs is 1. The molecule has 0 amide bonds. The van der Waals surface area contributed by atoms with Crippen LogP contribution in [0, 0.1) is 0 Å². The number of benzene rings is 1. The summed E-state index contributed by atoms with van der Waals surface area (Å²) in [5, 5.41) is 13.6. The van der Waals surface area contributed by atoms with Crippen LogP contribution in [-0.2, 0) is 10.0 Å². The smallest absolute Gasteiger partial charge is 0.335 e. The van der Waals surface area contributed by atoms with Gasteiger partial charge in [0.05, 0.1) is 23.4 Å². The second-order valence-corrected chi connectivity index (χ2v) is 8.01. The van der Waals surface area contributed by atoms with E-state index in [0.29, 0.717) is 17.1 Å². The van der Waals surface area contributed by atoms with E-state index in [9.17, 15) is 18.3 Å². The number of rotatable bonds is 4. The molecule has 8 nitrogen and oxygen atoms in total. The van der Waals surface area contributed by atoms with Crippen molar-refractivity contribution in [3.63, 3.8) is 0 Å². The molecule has 2 heterocycles. The summed E-state index contributed by atoms with van der Waals surface area (Å²) < 4.78 is 27.1. The fraction of sp³-hybridized carbons (Fsp3) is 0.400. The zero-order valence-electron chi connectivity index (χ0n) is 13.5. The molecular weight excluding hydrogens is 332 g/mol. The number of carboxylic acid groups (broad SMARTS) is 1. The van der Waals surface area contributed by atoms with Crippen molar-refractivity contribution in [2.45, 2.75) is 25.8 Å². The van der Waals surface area contributed by atoms with E-state index in [0.717, 1.165) is 6.26 Å². The fourth-order valence-electron chi connectivity index (χ4n) is 2.79. The molecule has 0 saturated carbocycles. The highest BCUT2D eigenvalue weighted by Gasteiger charge is 2.37. The van der Waals surface area contributed by atoms with Crippen LogP contribution in [0.2, 0.25) is 0 Å². The lowest BCUT2D eigenvalue weighted by atomic mass is 9.98. The Morgan fingerprint density at radius 1 is 1.38 bits per heavy atom. The van der Waals surface area contributed by atoms with Gasteiger partial charge in [0.1, 0.15) is 6.33 Å². The van der Waals surface area contributed by atoms with E-state index in [1.165, 1.54) is 22.5 Å². The quantitative estimate of drug-likeness (QED) is 0.895. The number of hydrogen-bond acceptors (Lipinski definition) is 5. The largest absolute Gasteiger partial charge is 0.478 e. The zero-order valence-corrected chi connectivity index (χ0v) is 14.4. The van der Waals surface area contributed by atoms with E-state index in [4.69, 9.17) is 0 Å². The molecule has 0 bridgehead atoms. The van der Waals surface area contributed by atoms with Crippen LogP contribution in [0.25, 0.3) is 0 Å². The highest BCUT2D eigenvalue weighted by Crippen LogP contribution is 2.40. The maximum atomic E-state index is 12.1. The van der Waals surface area contributed by atoms with Gasteiger partial charge in [-0.1, -0.05) is 0 Å². The Morgan fingerprint density at radius 2 is 2.08 bits per heavy atom. The van der Waals surface area contributed by atoms with Gasteiger partial charge in [0, 0.05) is 12.6 Å². The minimum Gasteiger partial charge on any atom is -0.478 e. The molecule has 24 heavy (non-hydrogen) atoms. The number of aromatic carboxylic acids is 1. The molecule has 0 fully saturated rings. The Kier molecular flexibility index (Phi) is 3.83. The number of sulfonamides is 1. The van der Waals surface area contributed by atoms with Gasteiger partial charge in [0.2, 0.25) is 10.0 Å². The molecule has 1 aromatic heterocycles. The Balaban J connectivity index is 2.12. The van der Waals surface area contributed by atoms with Gasteiger partial charge in [-0.2, -0.15) is 5.10 Å². The average Bonchev–Trinajstić information content (AvgIpc) is 3.10. The third kappa shape index (κ3) is 2.75. The lowest BCUT2D eigenvalue weighted by Crippen LogP contribution is -2.29. The van der Waals surface area contributed by atoms with Crippen LogP contribution in [0.15, 0.2) is 24.5 Å². The van der Waals surface area contributed by atoms with Crippen molar-refractivity contribution in [3.8, 4) is 0 Å². The summed E-state index contributed by atoms with van der Waals surface area (Å²) in [6.45, 7) is 4.10. The molecule has 0 unspecified atom stereocenters. The van der Waals surface area contributed by atoms with Crippen LogP contribution in [0.5, 0.6) is 0 Å². The van der Waals surface area contributed by atoms with Crippen molar-refractivity contribution in [2.24, 2.45) is 0 Å². The summed E-state index contributed by atoms with van der Waals surface area (Å²) >= 11 is 0. The van der Waals surface area contributed by atoms with Crippen LogP contribution in [-0.4, -0.2) is 47.1 Å². The van der Waals surface area contributed by atoms with Gasteiger partial charge in [-0.15, -0.1) is 0 Å². The van der Waals surface area contributed by atoms with Crippen LogP contribution >= 0.6 is 0 Å². The SMILES string of the molecule is CC(C)n1cnc([C@H]2CN(S(C)(=O)=O)c3ccc(C(=O)O)cc32)n1. The normalized spacial score (nSPS) is 17.3. The van der Waals surface area contributed by atoms with E-state index >= 15 is 0 Å². The van der Waals surface area contributed by atoms with Gasteiger partial charge < -0.3 is 5.11 Å². The van der Waals surface area contributed by atoms with Gasteiger partial charge in [-0.3, -0.25) is 8.99 Å². The second kappa shape index (κ2) is 5.59. The van der Waals surface area contributed by atoms with Crippen LogP contribution in [0.3, 0.4) is 0 Å². The lowest BCUT2D eigenvalue weighted by Gasteiger charge is -2.16. The Morgan fingerprint density at radius 3 is 2.62 bits per heavy atom. The Hall–Kier alpha value is -2.42. The summed E-state index contributed by atoms with van der Waals surface area (Å²) in [4.78, 5) is 15.5. The van der Waals surface area contributed by atoms with E-state index in [2.05, 4.69) is 10.1 Å². The minimum absolute atomic E-state index is 0.109. The zero-order chi connectivity index (χ0) is 17.6. The van der Waals surface area contributed by atoms with Gasteiger partial charge in [0.15, 0.2) is 5.82 Å². The lowest BCUT2D eigenvalue weighted by molar-refractivity contribution is 0.0697. The predicted octanol–water partition coefficient (Wildman–Crippen LogP) is 1.47. The summed E-state index contributed by atoms with van der Waals surface area (Å²) in [6, 6.07) is 4.56. The molecule has 0 saturated heterocycles. The molecule has 0 spiro atoms. The van der Waals surface area contributed by atoms with Crippen molar-refractivity contribution in [1.82, 2.24) is 14.8 Å². The summed E-state index contributed by atoms with van der Waals surface area (Å²) in [5.41, 5.74) is 1.20. The first-order valence-corrected chi connectivity index (χ1v) is 9.29. The topological polar surface area (TPSA) is 105 Å². The van der Waals surface area contributed by atoms with Gasteiger partial charge in [-0.25, -0.2) is 18.2 Å². The second-order valence-electron chi connectivity index (χ2n) is 6.10. The molecule has 0 radical (unpaired) electrons. The summed E-state index contributed by atoms with van der Waals surface area (Å²) in [6.07, 6.45) is 2.73. The summed E-state index contributed by atoms with van der Waals surface area (Å²) in [5.74, 6) is -0.970. The highest BCUT2D eigenvalue weighted by atomic mass is 32.2. The first-order chi connectivity index (χ1) is 11.2. The minimum atomic E-state index is -3.48. The summed E-state index contributed by atoms with van der Waals surface area (Å²) in [7, 11) is -3.48. The van der Waals surface area contributed by atoms with Crippen molar-refractivity contribution < 1.29 is 18.3 Å². The van der Waals surface area contributed by atoms with Crippen molar-refractivity contribution in [1.29, 1.82) is 0 Å². The maximum Gasteiger partial charge on any atom is 0.335 e. The molecule has 1 N–H and O–H groups in total. The average molecular weight is 350 g/mol. The van der Waals surface area contributed by atoms with Crippen molar-refractivity contribution in [3.05, 3.63) is 41.5 Å². The standard InChI is InChI=1S/C15H18N4O4S/c1-9(2)18-8-16-14(17-18)12-7-19(24(3,22)23)13-5-4-10(15(20)21)6-11(12)13/h4-6,8-9,12H,7H2,1-3H3,(H,20,21)/t12-/m0/s1. The number of carboxylic acids is 1. The number of hydrogen-bond donors (Lipinski definition) is 1. The number of carbonyl (C=O) groups is 1. The molecule has 1 aliphatic heterocycles. The third-order valence-corrected chi connectivity index (χ3v) is 5.18. The molecule has 2 aromatic rings.